The summed E-state index contributed by atoms with van der Waals surface area (Å²) in [5.74, 6) is 1.83. The average molecular weight is 490 g/mol. The van der Waals surface area contributed by atoms with Crippen LogP contribution in [0, 0.1) is 12.8 Å². The molecule has 2 aromatic heterocycles. The fourth-order valence-corrected chi connectivity index (χ4v) is 6.14. The van der Waals surface area contributed by atoms with Crippen molar-refractivity contribution < 1.29 is 8.42 Å². The quantitative estimate of drug-likeness (QED) is 0.425. The number of nitrogens with one attached hydrogen (secondary N) is 1. The van der Waals surface area contributed by atoms with Crippen LogP contribution in [0.15, 0.2) is 71.8 Å². The van der Waals surface area contributed by atoms with Crippen LogP contribution in [0.5, 0.6) is 0 Å². The summed E-state index contributed by atoms with van der Waals surface area (Å²) >= 11 is 0. The lowest BCUT2D eigenvalue weighted by molar-refractivity contribution is 0.156. The summed E-state index contributed by atoms with van der Waals surface area (Å²) in [4.78, 5) is 12.4. The third kappa shape index (κ3) is 4.56. The Hall–Kier alpha value is -3.23. The molecule has 2 aromatic carbocycles. The van der Waals surface area contributed by atoms with Crippen LogP contribution < -0.4 is 5.32 Å². The molecule has 0 radical (unpaired) electrons. The zero-order valence-corrected chi connectivity index (χ0v) is 21.2. The van der Waals surface area contributed by atoms with Crippen LogP contribution in [0.1, 0.15) is 36.2 Å². The van der Waals surface area contributed by atoms with E-state index in [2.05, 4.69) is 41.4 Å². The van der Waals surface area contributed by atoms with Gasteiger partial charge in [0.25, 0.3) is 10.0 Å². The van der Waals surface area contributed by atoms with E-state index in [1.54, 1.807) is 24.4 Å². The standard InChI is InChI=1S/C27H31N5O2S/c1-19-9-11-22(12-10-19)35(33,34)32-16-14-23-25(28-3)29-26(30-27(23)32)24-18-31(15-13-20(24)2)17-21-7-5-4-6-8-21/h4-12,14,16,20,24H,13,15,17-18H2,1-3H3,(H,28,29,30)/t20-,24-/m1/s1. The maximum Gasteiger partial charge on any atom is 0.269 e. The molecule has 1 aliphatic rings. The van der Waals surface area contributed by atoms with Gasteiger partial charge in [-0.05, 0) is 49.6 Å². The van der Waals surface area contributed by atoms with E-state index < -0.39 is 10.0 Å². The zero-order valence-electron chi connectivity index (χ0n) is 20.3. The molecular formula is C27H31N5O2S. The molecule has 182 valence electrons. The molecule has 4 aromatic rings. The number of aryl methyl sites for hydroxylation is 1. The van der Waals surface area contributed by atoms with Crippen LogP contribution in [0.3, 0.4) is 0 Å². The highest BCUT2D eigenvalue weighted by molar-refractivity contribution is 7.90. The number of piperidine rings is 1. The lowest BCUT2D eigenvalue weighted by Crippen LogP contribution is -2.38. The molecule has 0 aliphatic carbocycles. The number of aromatic nitrogens is 3. The van der Waals surface area contributed by atoms with Gasteiger partial charge in [0.2, 0.25) is 0 Å². The van der Waals surface area contributed by atoms with Crippen molar-refractivity contribution in [2.45, 2.75) is 37.6 Å². The fraction of sp³-hybridized carbons (Fsp3) is 0.333. The number of rotatable bonds is 6. The van der Waals surface area contributed by atoms with E-state index in [9.17, 15) is 8.42 Å². The lowest BCUT2D eigenvalue weighted by Gasteiger charge is -2.36. The smallest absolute Gasteiger partial charge is 0.269 e. The second-order valence-corrected chi connectivity index (χ2v) is 11.3. The molecule has 8 heteroatoms. The second-order valence-electron chi connectivity index (χ2n) is 9.44. The van der Waals surface area contributed by atoms with Gasteiger partial charge in [-0.3, -0.25) is 4.90 Å². The van der Waals surface area contributed by atoms with Crippen LogP contribution in [-0.4, -0.2) is 47.4 Å². The first-order chi connectivity index (χ1) is 16.9. The Balaban J connectivity index is 1.53. The molecular weight excluding hydrogens is 458 g/mol. The highest BCUT2D eigenvalue weighted by Crippen LogP contribution is 2.34. The summed E-state index contributed by atoms with van der Waals surface area (Å²) in [6.07, 6.45) is 2.61. The molecule has 3 heterocycles. The summed E-state index contributed by atoms with van der Waals surface area (Å²) in [6, 6.07) is 19.1. The van der Waals surface area contributed by atoms with Crippen molar-refractivity contribution in [2.75, 3.05) is 25.5 Å². The maximum absolute atomic E-state index is 13.5. The van der Waals surface area contributed by atoms with Crippen molar-refractivity contribution in [1.82, 2.24) is 18.8 Å². The van der Waals surface area contributed by atoms with E-state index in [1.807, 2.05) is 32.2 Å². The van der Waals surface area contributed by atoms with E-state index in [4.69, 9.17) is 9.97 Å². The number of likely N-dealkylation sites (tertiary alicyclic amines) is 1. The van der Waals surface area contributed by atoms with Gasteiger partial charge in [-0.1, -0.05) is 55.0 Å². The molecule has 0 spiro atoms. The summed E-state index contributed by atoms with van der Waals surface area (Å²) in [5.41, 5.74) is 2.70. The average Bonchev–Trinajstić information content (AvgIpc) is 3.30. The summed E-state index contributed by atoms with van der Waals surface area (Å²) in [7, 11) is -1.98. The van der Waals surface area contributed by atoms with Gasteiger partial charge >= 0.3 is 0 Å². The molecule has 0 unspecified atom stereocenters. The van der Waals surface area contributed by atoms with E-state index in [0.717, 1.165) is 31.6 Å². The number of anilines is 1. The zero-order chi connectivity index (χ0) is 24.6. The number of hydrogen-bond acceptors (Lipinski definition) is 6. The Morgan fingerprint density at radius 3 is 2.49 bits per heavy atom. The van der Waals surface area contributed by atoms with Crippen LogP contribution in [0.2, 0.25) is 0 Å². The number of fused-ring (bicyclic) bond motifs is 1. The molecule has 1 aliphatic heterocycles. The Bertz CT molecular complexity index is 1430. The lowest BCUT2D eigenvalue weighted by atomic mass is 9.86. The molecule has 35 heavy (non-hydrogen) atoms. The molecule has 0 saturated carbocycles. The minimum absolute atomic E-state index is 0.106. The maximum atomic E-state index is 13.5. The molecule has 7 nitrogen and oxygen atoms in total. The third-order valence-electron chi connectivity index (χ3n) is 6.97. The highest BCUT2D eigenvalue weighted by atomic mass is 32.2. The summed E-state index contributed by atoms with van der Waals surface area (Å²) < 4.78 is 28.3. The summed E-state index contributed by atoms with van der Waals surface area (Å²) in [5, 5.41) is 3.85. The predicted octanol–water partition coefficient (Wildman–Crippen LogP) is 4.64. The summed E-state index contributed by atoms with van der Waals surface area (Å²) in [6.45, 7) is 6.90. The van der Waals surface area contributed by atoms with E-state index in [0.29, 0.717) is 28.6 Å². The minimum atomic E-state index is -3.79. The minimum Gasteiger partial charge on any atom is -0.372 e. The van der Waals surface area contributed by atoms with Gasteiger partial charge in [-0.2, -0.15) is 0 Å². The topological polar surface area (TPSA) is 80.1 Å². The van der Waals surface area contributed by atoms with Gasteiger partial charge < -0.3 is 5.32 Å². The molecule has 0 bridgehead atoms. The Morgan fingerprint density at radius 1 is 1.03 bits per heavy atom. The number of benzene rings is 2. The largest absolute Gasteiger partial charge is 0.372 e. The molecule has 1 saturated heterocycles. The first kappa shape index (κ1) is 23.5. The van der Waals surface area contributed by atoms with E-state index >= 15 is 0 Å². The van der Waals surface area contributed by atoms with E-state index in [1.165, 1.54) is 9.54 Å². The van der Waals surface area contributed by atoms with Gasteiger partial charge in [0.1, 0.15) is 11.6 Å². The third-order valence-corrected chi connectivity index (χ3v) is 8.65. The van der Waals surface area contributed by atoms with Crippen molar-refractivity contribution in [3.05, 3.63) is 83.8 Å². The van der Waals surface area contributed by atoms with Gasteiger partial charge in [0.15, 0.2) is 5.65 Å². The van der Waals surface area contributed by atoms with Crippen molar-refractivity contribution in [2.24, 2.45) is 5.92 Å². The van der Waals surface area contributed by atoms with Crippen molar-refractivity contribution in [3.63, 3.8) is 0 Å². The Labute approximate surface area is 206 Å². The SMILES string of the molecule is CNc1nc([C@@H]2CN(Cc3ccccc3)CC[C@H]2C)nc2c1ccn2S(=O)(=O)c1ccc(C)cc1. The molecule has 1 fully saturated rings. The normalized spacial score (nSPS) is 19.2. The first-order valence-corrected chi connectivity index (χ1v) is 13.5. The molecule has 1 N–H and O–H groups in total. The predicted molar refractivity (Wildman–Crippen MR) is 139 cm³/mol. The van der Waals surface area contributed by atoms with E-state index in [-0.39, 0.29) is 10.8 Å². The number of nitrogens with zero attached hydrogens (tertiary/aromatic N) is 4. The number of hydrogen-bond donors (Lipinski definition) is 1. The van der Waals surface area contributed by atoms with Gasteiger partial charge in [-0.15, -0.1) is 0 Å². The molecule has 2 atom stereocenters. The molecule has 0 amide bonds. The van der Waals surface area contributed by atoms with Gasteiger partial charge in [-0.25, -0.2) is 22.4 Å². The van der Waals surface area contributed by atoms with Gasteiger partial charge in [0.05, 0.1) is 10.3 Å². The second kappa shape index (κ2) is 9.43. The monoisotopic (exact) mass is 489 g/mol. The highest BCUT2D eigenvalue weighted by Gasteiger charge is 2.31. The Kier molecular flexibility index (Phi) is 6.34. The van der Waals surface area contributed by atoms with Crippen LogP contribution >= 0.6 is 0 Å². The van der Waals surface area contributed by atoms with Crippen LogP contribution in [0.4, 0.5) is 5.82 Å². The van der Waals surface area contributed by atoms with Crippen molar-refractivity contribution in [1.29, 1.82) is 0 Å². The fourth-order valence-electron chi connectivity index (χ4n) is 4.84. The van der Waals surface area contributed by atoms with Crippen LogP contribution in [0.25, 0.3) is 11.0 Å². The van der Waals surface area contributed by atoms with Crippen molar-refractivity contribution in [3.8, 4) is 0 Å². The van der Waals surface area contributed by atoms with Gasteiger partial charge in [0, 0.05) is 32.3 Å². The first-order valence-electron chi connectivity index (χ1n) is 12.0. The Morgan fingerprint density at radius 2 is 1.77 bits per heavy atom. The van der Waals surface area contributed by atoms with Crippen molar-refractivity contribution >= 4 is 26.9 Å². The van der Waals surface area contributed by atoms with Crippen LogP contribution in [-0.2, 0) is 16.6 Å². The molecule has 5 rings (SSSR count).